The third kappa shape index (κ3) is 8.46. The Morgan fingerprint density at radius 2 is 1.30 bits per heavy atom. The van der Waals surface area contributed by atoms with Crippen LogP contribution in [0.3, 0.4) is 0 Å². The van der Waals surface area contributed by atoms with Crippen LogP contribution < -0.4 is 10.9 Å². The van der Waals surface area contributed by atoms with Crippen molar-refractivity contribution in [2.45, 2.75) is 145 Å². The Bertz CT molecular complexity index is 1540. The van der Waals surface area contributed by atoms with Gasteiger partial charge in [0.25, 0.3) is 0 Å². The normalized spacial score (nSPS) is 16.6. The number of rotatable bonds is 14. The summed E-state index contributed by atoms with van der Waals surface area (Å²) >= 11 is 0. The summed E-state index contributed by atoms with van der Waals surface area (Å²) in [5, 5.41) is 10.5. The molecule has 0 aromatic carbocycles. The van der Waals surface area contributed by atoms with Crippen molar-refractivity contribution >= 4 is 11.9 Å². The quantitative estimate of drug-likeness (QED) is 0.171. The van der Waals surface area contributed by atoms with E-state index in [4.69, 9.17) is 18.3 Å². The number of aliphatic hydroxyl groups is 1. The van der Waals surface area contributed by atoms with Crippen molar-refractivity contribution in [1.29, 1.82) is 0 Å². The molecule has 2 aromatic heterocycles. The summed E-state index contributed by atoms with van der Waals surface area (Å²) < 4.78 is 24.4. The number of aryl methyl sites for hydroxylation is 1. The number of aliphatic hydroxyl groups excluding tert-OH is 1. The van der Waals surface area contributed by atoms with E-state index in [0.29, 0.717) is 63.7 Å². The number of ether oxygens (including phenoxy) is 2. The van der Waals surface area contributed by atoms with Gasteiger partial charge in [0, 0.05) is 59.8 Å². The largest absolute Gasteiger partial charge is 0.465 e. The standard InChI is InChI=1S/C37H54O9/c1-14-28(39)20(6)35-24(10)32(42)22(8)33(46-35)18(4)17-19(5)34(45-30(40)16-3)25(11)37(43-27(13)38)26(12)36-23(9)31(41)21(7)29(15-2)44-36/h17-18,20,25-26,28,34,37,39H,14-16H2,1-13H3/b19-17+/t18-,20-,25-,26-,28-,34-,37+/m0/s1. The number of hydrogen-bond donors (Lipinski definition) is 1. The molecule has 9 heteroatoms. The third-order valence-corrected chi connectivity index (χ3v) is 9.20. The van der Waals surface area contributed by atoms with Gasteiger partial charge in [-0.1, -0.05) is 54.5 Å². The lowest BCUT2D eigenvalue weighted by Crippen LogP contribution is -2.40. The first kappa shape index (κ1) is 38.7. The van der Waals surface area contributed by atoms with Crippen LogP contribution in [0.2, 0.25) is 0 Å². The predicted octanol–water partition coefficient (Wildman–Crippen LogP) is 7.01. The highest BCUT2D eigenvalue weighted by Gasteiger charge is 2.38. The lowest BCUT2D eigenvalue weighted by molar-refractivity contribution is -0.158. The number of carbonyl (C=O) groups excluding carboxylic acids is 2. The van der Waals surface area contributed by atoms with Gasteiger partial charge in [0.2, 0.25) is 0 Å². The number of carbonyl (C=O) groups is 2. The van der Waals surface area contributed by atoms with Crippen LogP contribution >= 0.6 is 0 Å². The fourth-order valence-corrected chi connectivity index (χ4v) is 6.33. The minimum atomic E-state index is -0.817. The zero-order chi connectivity index (χ0) is 35.2. The molecule has 0 bridgehead atoms. The summed E-state index contributed by atoms with van der Waals surface area (Å²) in [5.41, 5.74) is 2.35. The van der Waals surface area contributed by atoms with E-state index in [9.17, 15) is 24.3 Å². The summed E-state index contributed by atoms with van der Waals surface area (Å²) in [4.78, 5) is 51.5. The minimum absolute atomic E-state index is 0.117. The molecule has 0 aliphatic rings. The topological polar surface area (TPSA) is 133 Å². The summed E-state index contributed by atoms with van der Waals surface area (Å²) in [6, 6.07) is 0. The van der Waals surface area contributed by atoms with Crippen LogP contribution in [0.1, 0.15) is 138 Å². The molecule has 0 saturated carbocycles. The Kier molecular flexibility index (Phi) is 13.8. The predicted molar refractivity (Wildman–Crippen MR) is 178 cm³/mol. The molecule has 0 aliphatic carbocycles. The molecule has 2 heterocycles. The van der Waals surface area contributed by atoms with Gasteiger partial charge in [-0.3, -0.25) is 19.2 Å². The molecule has 0 amide bonds. The molecule has 0 aliphatic heterocycles. The van der Waals surface area contributed by atoms with Crippen molar-refractivity contribution < 1.29 is 33.0 Å². The Balaban J connectivity index is 2.68. The van der Waals surface area contributed by atoms with Crippen LogP contribution in [-0.4, -0.2) is 35.4 Å². The molecule has 2 rings (SSSR count). The van der Waals surface area contributed by atoms with Gasteiger partial charge in [0.15, 0.2) is 10.9 Å². The molecule has 9 nitrogen and oxygen atoms in total. The van der Waals surface area contributed by atoms with Gasteiger partial charge < -0.3 is 23.4 Å². The van der Waals surface area contributed by atoms with E-state index in [-0.39, 0.29) is 23.2 Å². The maximum Gasteiger partial charge on any atom is 0.306 e. The zero-order valence-electron chi connectivity index (χ0n) is 30.0. The molecule has 46 heavy (non-hydrogen) atoms. The van der Waals surface area contributed by atoms with Crippen LogP contribution in [0, 0.1) is 33.6 Å². The summed E-state index contributed by atoms with van der Waals surface area (Å²) in [6.07, 6.45) is 0.759. The second-order valence-electron chi connectivity index (χ2n) is 12.7. The Hall–Kier alpha value is -3.46. The molecule has 0 unspecified atom stereocenters. The van der Waals surface area contributed by atoms with E-state index in [1.807, 2.05) is 54.5 Å². The fraction of sp³-hybridized carbons (Fsp3) is 0.622. The molecule has 0 spiro atoms. The molecule has 7 atom stereocenters. The van der Waals surface area contributed by atoms with Crippen molar-refractivity contribution in [3.63, 3.8) is 0 Å². The smallest absolute Gasteiger partial charge is 0.306 e. The van der Waals surface area contributed by atoms with Crippen LogP contribution in [0.25, 0.3) is 0 Å². The van der Waals surface area contributed by atoms with Crippen molar-refractivity contribution in [2.24, 2.45) is 5.92 Å². The number of hydrogen-bond acceptors (Lipinski definition) is 9. The third-order valence-electron chi connectivity index (χ3n) is 9.20. The van der Waals surface area contributed by atoms with E-state index in [1.54, 1.807) is 34.6 Å². The van der Waals surface area contributed by atoms with Crippen molar-refractivity contribution in [1.82, 2.24) is 0 Å². The highest BCUT2D eigenvalue weighted by molar-refractivity contribution is 5.69. The summed E-state index contributed by atoms with van der Waals surface area (Å²) in [5.74, 6) is -0.926. The minimum Gasteiger partial charge on any atom is -0.465 e. The van der Waals surface area contributed by atoms with Gasteiger partial charge in [0.05, 0.1) is 12.0 Å². The van der Waals surface area contributed by atoms with E-state index in [0.717, 1.165) is 0 Å². The molecular weight excluding hydrogens is 588 g/mol. The molecule has 1 N–H and O–H groups in total. The van der Waals surface area contributed by atoms with Crippen LogP contribution in [0.15, 0.2) is 30.1 Å². The van der Waals surface area contributed by atoms with Gasteiger partial charge >= 0.3 is 11.9 Å². The Morgan fingerprint density at radius 3 is 1.80 bits per heavy atom. The molecule has 0 saturated heterocycles. The first-order valence-corrected chi connectivity index (χ1v) is 16.4. The van der Waals surface area contributed by atoms with Crippen LogP contribution in [-0.2, 0) is 25.5 Å². The van der Waals surface area contributed by atoms with Gasteiger partial charge in [0.1, 0.15) is 35.2 Å². The molecule has 0 radical (unpaired) electrons. The molecular formula is C37H54O9. The first-order valence-electron chi connectivity index (χ1n) is 16.4. The fourth-order valence-electron chi connectivity index (χ4n) is 6.33. The lowest BCUT2D eigenvalue weighted by atomic mass is 9.83. The Labute approximate surface area is 273 Å². The summed E-state index contributed by atoms with van der Waals surface area (Å²) in [7, 11) is 0. The average molecular weight is 643 g/mol. The van der Waals surface area contributed by atoms with Crippen LogP contribution in [0.5, 0.6) is 0 Å². The maximum atomic E-state index is 13.3. The van der Waals surface area contributed by atoms with E-state index in [1.165, 1.54) is 6.92 Å². The molecule has 256 valence electrons. The van der Waals surface area contributed by atoms with E-state index >= 15 is 0 Å². The van der Waals surface area contributed by atoms with Gasteiger partial charge in [-0.15, -0.1) is 0 Å². The highest BCUT2D eigenvalue weighted by Crippen LogP contribution is 2.35. The monoisotopic (exact) mass is 642 g/mol. The average Bonchev–Trinajstić information content (AvgIpc) is 3.02. The Morgan fingerprint density at radius 1 is 0.783 bits per heavy atom. The zero-order valence-corrected chi connectivity index (χ0v) is 30.0. The lowest BCUT2D eigenvalue weighted by Gasteiger charge is -2.34. The SMILES string of the molecule is CCC(=O)O[C@@H](/C(C)=C/[C@H](C)c1oc([C@@H](C)[C@@H](O)CC)c(C)c(=O)c1C)[C@H](C)[C@@H](OC(C)=O)[C@@H](C)c1oc(CC)c(C)c(=O)c1C. The van der Waals surface area contributed by atoms with Crippen molar-refractivity contribution in [3.8, 4) is 0 Å². The maximum absolute atomic E-state index is 13.3. The van der Waals surface area contributed by atoms with Crippen molar-refractivity contribution in [3.05, 3.63) is 77.4 Å². The summed E-state index contributed by atoms with van der Waals surface area (Å²) in [6.45, 7) is 22.9. The van der Waals surface area contributed by atoms with E-state index in [2.05, 4.69) is 0 Å². The molecule has 0 fully saturated rings. The van der Waals surface area contributed by atoms with E-state index < -0.39 is 48.0 Å². The van der Waals surface area contributed by atoms with Gasteiger partial charge in [-0.25, -0.2) is 0 Å². The van der Waals surface area contributed by atoms with Gasteiger partial charge in [-0.05, 0) is 46.6 Å². The van der Waals surface area contributed by atoms with Gasteiger partial charge in [-0.2, -0.15) is 0 Å². The van der Waals surface area contributed by atoms with Crippen LogP contribution in [0.4, 0.5) is 0 Å². The number of allylic oxidation sites excluding steroid dienone is 1. The van der Waals surface area contributed by atoms with Crippen molar-refractivity contribution in [2.75, 3.05) is 0 Å². The second-order valence-corrected chi connectivity index (χ2v) is 12.7. The first-order chi connectivity index (χ1) is 21.4. The highest BCUT2D eigenvalue weighted by atomic mass is 16.6. The number of esters is 2. The second kappa shape index (κ2) is 16.4. The molecule has 2 aromatic rings.